The van der Waals surface area contributed by atoms with Crippen LogP contribution in [0.5, 0.6) is 17.2 Å². The Morgan fingerprint density at radius 3 is 2.41 bits per heavy atom. The van der Waals surface area contributed by atoms with E-state index in [4.69, 9.17) is 14.2 Å². The number of anilines is 1. The van der Waals surface area contributed by atoms with Crippen molar-refractivity contribution in [1.29, 1.82) is 0 Å². The van der Waals surface area contributed by atoms with E-state index < -0.39 is 0 Å². The van der Waals surface area contributed by atoms with Gasteiger partial charge in [0, 0.05) is 23.2 Å². The average molecular weight is 428 g/mol. The molecule has 4 nitrogen and oxygen atoms in total. The zero-order valence-corrected chi connectivity index (χ0v) is 18.5. The number of thiophene rings is 1. The standard InChI is InChI=1S/C23H25NO3S2/c1-25-19-12-17(13-20(26-2)23(19)27-3)21-8-10-24(14-16-9-11-28-15-16)18-6-4-5-7-22(18)29-21/h4-7,9,11-13,15,21H,8,10,14H2,1-3H3. The fraction of sp³-hybridized carbons (Fsp3) is 0.304. The van der Waals surface area contributed by atoms with Crippen molar-refractivity contribution < 1.29 is 14.2 Å². The Kier molecular flexibility index (Phi) is 6.21. The molecule has 0 fully saturated rings. The van der Waals surface area contributed by atoms with Crippen LogP contribution in [0, 0.1) is 0 Å². The Bertz CT molecular complexity index is 934. The van der Waals surface area contributed by atoms with Crippen LogP contribution in [0.15, 0.2) is 58.1 Å². The van der Waals surface area contributed by atoms with Gasteiger partial charge in [-0.2, -0.15) is 11.3 Å². The second-order valence-corrected chi connectivity index (χ2v) is 8.90. The molecule has 1 aliphatic rings. The number of benzene rings is 2. The zero-order valence-electron chi connectivity index (χ0n) is 16.9. The molecule has 0 amide bonds. The highest BCUT2D eigenvalue weighted by Gasteiger charge is 2.25. The number of hydrogen-bond acceptors (Lipinski definition) is 6. The second kappa shape index (κ2) is 9.01. The third kappa shape index (κ3) is 4.19. The van der Waals surface area contributed by atoms with E-state index in [1.54, 1.807) is 32.7 Å². The minimum absolute atomic E-state index is 0.303. The van der Waals surface area contributed by atoms with Gasteiger partial charge in [0.1, 0.15) is 0 Å². The van der Waals surface area contributed by atoms with E-state index in [1.807, 2.05) is 11.8 Å². The van der Waals surface area contributed by atoms with Crippen LogP contribution in [-0.4, -0.2) is 27.9 Å². The Morgan fingerprint density at radius 2 is 1.76 bits per heavy atom. The summed E-state index contributed by atoms with van der Waals surface area (Å²) in [6.07, 6.45) is 1.03. The lowest BCUT2D eigenvalue weighted by atomic mass is 10.1. The monoisotopic (exact) mass is 427 g/mol. The molecule has 4 rings (SSSR count). The van der Waals surface area contributed by atoms with Gasteiger partial charge in [-0.25, -0.2) is 0 Å². The first-order valence-corrected chi connectivity index (χ1v) is 11.4. The quantitative estimate of drug-likeness (QED) is 0.480. The predicted molar refractivity (Wildman–Crippen MR) is 121 cm³/mol. The van der Waals surface area contributed by atoms with E-state index >= 15 is 0 Å². The molecule has 0 N–H and O–H groups in total. The van der Waals surface area contributed by atoms with E-state index in [0.29, 0.717) is 22.5 Å². The van der Waals surface area contributed by atoms with Crippen LogP contribution >= 0.6 is 23.1 Å². The van der Waals surface area contributed by atoms with Crippen molar-refractivity contribution in [3.63, 3.8) is 0 Å². The van der Waals surface area contributed by atoms with Crippen molar-refractivity contribution in [2.75, 3.05) is 32.8 Å². The third-order valence-corrected chi connectivity index (χ3v) is 7.27. The van der Waals surface area contributed by atoms with E-state index in [2.05, 4.69) is 58.1 Å². The maximum Gasteiger partial charge on any atom is 0.203 e. The number of methoxy groups -OCH3 is 3. The molecule has 3 aromatic rings. The SMILES string of the molecule is COc1cc(C2CCN(Cc3ccsc3)c3ccccc3S2)cc(OC)c1OC. The summed E-state index contributed by atoms with van der Waals surface area (Å²) in [6.45, 7) is 1.92. The second-order valence-electron chi connectivity index (χ2n) is 6.87. The summed E-state index contributed by atoms with van der Waals surface area (Å²) in [6, 6.07) is 15.1. The van der Waals surface area contributed by atoms with Gasteiger partial charge in [-0.05, 0) is 58.6 Å². The van der Waals surface area contributed by atoms with Crippen molar-refractivity contribution in [2.24, 2.45) is 0 Å². The molecule has 0 bridgehead atoms. The van der Waals surface area contributed by atoms with Crippen molar-refractivity contribution in [2.45, 2.75) is 23.1 Å². The maximum absolute atomic E-state index is 5.58. The van der Waals surface area contributed by atoms with Crippen LogP contribution in [0.3, 0.4) is 0 Å². The van der Waals surface area contributed by atoms with Crippen LogP contribution in [0.2, 0.25) is 0 Å². The summed E-state index contributed by atoms with van der Waals surface area (Å²) < 4.78 is 16.7. The number of fused-ring (bicyclic) bond motifs is 1. The topological polar surface area (TPSA) is 30.9 Å². The van der Waals surface area contributed by atoms with Crippen molar-refractivity contribution in [1.82, 2.24) is 0 Å². The van der Waals surface area contributed by atoms with Gasteiger partial charge >= 0.3 is 0 Å². The molecule has 0 saturated carbocycles. The number of rotatable bonds is 6. The number of ether oxygens (including phenoxy) is 3. The summed E-state index contributed by atoms with van der Waals surface area (Å²) >= 11 is 3.66. The molecule has 1 aromatic heterocycles. The highest BCUT2D eigenvalue weighted by Crippen LogP contribution is 2.48. The third-order valence-electron chi connectivity index (χ3n) is 5.15. The molecular formula is C23H25NO3S2. The lowest BCUT2D eigenvalue weighted by Gasteiger charge is -2.24. The summed E-state index contributed by atoms with van der Waals surface area (Å²) in [5, 5.41) is 4.68. The first kappa shape index (κ1) is 20.0. The first-order valence-electron chi connectivity index (χ1n) is 9.55. The number of para-hydroxylation sites is 1. The maximum atomic E-state index is 5.58. The molecule has 1 unspecified atom stereocenters. The number of hydrogen-bond donors (Lipinski definition) is 0. The minimum Gasteiger partial charge on any atom is -0.493 e. The smallest absolute Gasteiger partial charge is 0.203 e. The van der Waals surface area contributed by atoms with Crippen LogP contribution in [0.25, 0.3) is 0 Å². The Labute approximate surface area is 180 Å². The molecule has 2 heterocycles. The fourth-order valence-corrected chi connectivity index (χ4v) is 5.65. The predicted octanol–water partition coefficient (Wildman–Crippen LogP) is 6.02. The van der Waals surface area contributed by atoms with E-state index in [9.17, 15) is 0 Å². The molecule has 152 valence electrons. The molecule has 29 heavy (non-hydrogen) atoms. The van der Waals surface area contributed by atoms with Crippen LogP contribution in [-0.2, 0) is 6.54 Å². The van der Waals surface area contributed by atoms with Crippen LogP contribution in [0.1, 0.15) is 22.8 Å². The van der Waals surface area contributed by atoms with Gasteiger partial charge in [-0.3, -0.25) is 0 Å². The largest absolute Gasteiger partial charge is 0.493 e. The van der Waals surface area contributed by atoms with Gasteiger partial charge in [0.15, 0.2) is 11.5 Å². The molecule has 0 saturated heterocycles. The summed E-state index contributed by atoms with van der Waals surface area (Å²) in [4.78, 5) is 3.79. The molecule has 0 radical (unpaired) electrons. The molecular weight excluding hydrogens is 402 g/mol. The van der Waals surface area contributed by atoms with Gasteiger partial charge in [-0.15, -0.1) is 11.8 Å². The van der Waals surface area contributed by atoms with Gasteiger partial charge in [-0.1, -0.05) is 12.1 Å². The van der Waals surface area contributed by atoms with Gasteiger partial charge in [0.05, 0.1) is 27.0 Å². The van der Waals surface area contributed by atoms with Gasteiger partial charge < -0.3 is 19.1 Å². The average Bonchev–Trinajstić information content (AvgIpc) is 3.20. The number of thioether (sulfide) groups is 1. The fourth-order valence-electron chi connectivity index (χ4n) is 3.71. The summed E-state index contributed by atoms with van der Waals surface area (Å²) in [5.74, 6) is 2.04. The Morgan fingerprint density at radius 1 is 1.00 bits per heavy atom. The molecule has 2 aromatic carbocycles. The van der Waals surface area contributed by atoms with E-state index in [0.717, 1.165) is 19.5 Å². The highest BCUT2D eigenvalue weighted by molar-refractivity contribution is 7.99. The lowest BCUT2D eigenvalue weighted by Crippen LogP contribution is -2.23. The molecule has 0 spiro atoms. The normalized spacial score (nSPS) is 16.1. The van der Waals surface area contributed by atoms with Crippen LogP contribution in [0.4, 0.5) is 5.69 Å². The first-order chi connectivity index (χ1) is 14.2. The summed E-state index contributed by atoms with van der Waals surface area (Å²) in [7, 11) is 4.97. The van der Waals surface area contributed by atoms with E-state index in [1.165, 1.54) is 21.7 Å². The van der Waals surface area contributed by atoms with Crippen molar-refractivity contribution in [3.05, 3.63) is 64.4 Å². The minimum atomic E-state index is 0.303. The Hall–Kier alpha value is -2.31. The van der Waals surface area contributed by atoms with Crippen molar-refractivity contribution >= 4 is 28.8 Å². The lowest BCUT2D eigenvalue weighted by molar-refractivity contribution is 0.323. The molecule has 1 aliphatic heterocycles. The van der Waals surface area contributed by atoms with Crippen molar-refractivity contribution in [3.8, 4) is 17.2 Å². The highest BCUT2D eigenvalue weighted by atomic mass is 32.2. The molecule has 1 atom stereocenters. The molecule has 6 heteroatoms. The summed E-state index contributed by atoms with van der Waals surface area (Å²) in [5.41, 5.74) is 3.86. The zero-order chi connectivity index (χ0) is 20.2. The van der Waals surface area contributed by atoms with Gasteiger partial charge in [0.25, 0.3) is 0 Å². The van der Waals surface area contributed by atoms with Crippen LogP contribution < -0.4 is 19.1 Å². The Balaban J connectivity index is 1.68. The van der Waals surface area contributed by atoms with E-state index in [-0.39, 0.29) is 0 Å². The van der Waals surface area contributed by atoms with Gasteiger partial charge in [0.2, 0.25) is 5.75 Å². The molecule has 0 aliphatic carbocycles. The number of nitrogens with zero attached hydrogens (tertiary/aromatic N) is 1.